The smallest absolute Gasteiger partial charge is 0.270 e. The van der Waals surface area contributed by atoms with Crippen molar-refractivity contribution in [1.82, 2.24) is 14.9 Å². The van der Waals surface area contributed by atoms with Crippen LogP contribution in [0.25, 0.3) is 0 Å². The van der Waals surface area contributed by atoms with E-state index in [2.05, 4.69) is 20.2 Å². The highest BCUT2D eigenvalue weighted by Gasteiger charge is 2.24. The Balaban J connectivity index is 1.73. The third kappa shape index (κ3) is 5.16. The molecule has 0 bridgehead atoms. The highest BCUT2D eigenvalue weighted by atomic mass is 35.5. The standard InChI is InChI=1S/C19H18Cl2N4O3S2/c1-10-4-5-13(8-11(10)2)12(3)25-30(27,28)19-24-23-18(29-19)22-17(26)15-7-6-14(20)9-16(15)21/h4-9,12,25H,1-3H3,(H,22,23,26)/t12-/m1/s1. The quantitative estimate of drug-likeness (QED) is 0.491. The number of sulfonamides is 1. The molecule has 11 heteroatoms. The van der Waals surface area contributed by atoms with Gasteiger partial charge in [0.1, 0.15) is 0 Å². The monoisotopic (exact) mass is 484 g/mol. The summed E-state index contributed by atoms with van der Waals surface area (Å²) in [5.74, 6) is -0.548. The van der Waals surface area contributed by atoms with Crippen molar-refractivity contribution >= 4 is 55.6 Å². The van der Waals surface area contributed by atoms with Gasteiger partial charge in [0.05, 0.1) is 10.6 Å². The molecule has 0 aliphatic heterocycles. The van der Waals surface area contributed by atoms with E-state index in [-0.39, 0.29) is 20.1 Å². The number of rotatable bonds is 6. The van der Waals surface area contributed by atoms with Gasteiger partial charge in [-0.2, -0.15) is 0 Å². The molecule has 1 heterocycles. The molecule has 0 fully saturated rings. The molecule has 0 unspecified atom stereocenters. The SMILES string of the molecule is Cc1ccc([C@@H](C)NS(=O)(=O)c2nnc(NC(=O)c3ccc(Cl)cc3Cl)s2)cc1C. The summed E-state index contributed by atoms with van der Waals surface area (Å²) in [7, 11) is -3.92. The van der Waals surface area contributed by atoms with Crippen LogP contribution in [0.15, 0.2) is 40.7 Å². The van der Waals surface area contributed by atoms with Gasteiger partial charge < -0.3 is 0 Å². The van der Waals surface area contributed by atoms with Gasteiger partial charge in [-0.3, -0.25) is 10.1 Å². The Morgan fingerprint density at radius 3 is 2.47 bits per heavy atom. The van der Waals surface area contributed by atoms with Crippen molar-refractivity contribution in [1.29, 1.82) is 0 Å². The van der Waals surface area contributed by atoms with Crippen LogP contribution in [0.1, 0.15) is 40.0 Å². The van der Waals surface area contributed by atoms with Gasteiger partial charge in [-0.1, -0.05) is 52.7 Å². The van der Waals surface area contributed by atoms with Gasteiger partial charge in [0.15, 0.2) is 0 Å². The van der Waals surface area contributed by atoms with Crippen LogP contribution in [0.5, 0.6) is 0 Å². The van der Waals surface area contributed by atoms with Crippen molar-refractivity contribution in [3.05, 3.63) is 68.7 Å². The zero-order valence-electron chi connectivity index (χ0n) is 16.2. The van der Waals surface area contributed by atoms with Crippen LogP contribution in [-0.2, 0) is 10.0 Å². The predicted octanol–water partition coefficient (Wildman–Crippen LogP) is 4.75. The second-order valence-electron chi connectivity index (χ2n) is 6.64. The molecule has 2 N–H and O–H groups in total. The largest absolute Gasteiger partial charge is 0.296 e. The van der Waals surface area contributed by atoms with Crippen molar-refractivity contribution in [2.45, 2.75) is 31.2 Å². The number of hydrogen-bond donors (Lipinski definition) is 2. The van der Waals surface area contributed by atoms with Gasteiger partial charge >= 0.3 is 0 Å². The number of carbonyl (C=O) groups is 1. The third-order valence-electron chi connectivity index (χ3n) is 4.40. The maximum absolute atomic E-state index is 12.7. The van der Waals surface area contributed by atoms with Gasteiger partial charge in [0, 0.05) is 11.1 Å². The van der Waals surface area contributed by atoms with Gasteiger partial charge in [0.25, 0.3) is 15.9 Å². The first kappa shape index (κ1) is 22.6. The number of aromatic nitrogens is 2. The summed E-state index contributed by atoms with van der Waals surface area (Å²) in [5.41, 5.74) is 3.21. The first-order chi connectivity index (χ1) is 14.1. The molecule has 158 valence electrons. The molecular formula is C19H18Cl2N4O3S2. The average Bonchev–Trinajstić information content (AvgIpc) is 3.13. The molecule has 1 aromatic heterocycles. The zero-order valence-corrected chi connectivity index (χ0v) is 19.4. The fourth-order valence-corrected chi connectivity index (χ4v) is 5.23. The van der Waals surface area contributed by atoms with Crippen LogP contribution in [0, 0.1) is 13.8 Å². The van der Waals surface area contributed by atoms with Gasteiger partial charge in [0.2, 0.25) is 9.47 Å². The van der Waals surface area contributed by atoms with Crippen molar-refractivity contribution in [2.24, 2.45) is 0 Å². The molecule has 0 aliphatic rings. The van der Waals surface area contributed by atoms with Crippen molar-refractivity contribution in [2.75, 3.05) is 5.32 Å². The Morgan fingerprint density at radius 2 is 1.80 bits per heavy atom. The molecule has 0 radical (unpaired) electrons. The minimum absolute atomic E-state index is 0.0326. The fraction of sp³-hybridized carbons (Fsp3) is 0.211. The van der Waals surface area contributed by atoms with Crippen LogP contribution in [0.3, 0.4) is 0 Å². The lowest BCUT2D eigenvalue weighted by atomic mass is 10.0. The van der Waals surface area contributed by atoms with E-state index >= 15 is 0 Å². The number of carbonyl (C=O) groups excluding carboxylic acids is 1. The van der Waals surface area contributed by atoms with E-state index in [1.807, 2.05) is 32.0 Å². The first-order valence-electron chi connectivity index (χ1n) is 8.76. The molecule has 0 spiro atoms. The van der Waals surface area contributed by atoms with E-state index in [9.17, 15) is 13.2 Å². The average molecular weight is 485 g/mol. The highest BCUT2D eigenvalue weighted by molar-refractivity contribution is 7.91. The molecular weight excluding hydrogens is 467 g/mol. The lowest BCUT2D eigenvalue weighted by Gasteiger charge is -2.14. The molecule has 2 aromatic carbocycles. The van der Waals surface area contributed by atoms with E-state index in [0.29, 0.717) is 5.02 Å². The molecule has 3 rings (SSSR count). The molecule has 30 heavy (non-hydrogen) atoms. The number of hydrogen-bond acceptors (Lipinski definition) is 6. The Morgan fingerprint density at radius 1 is 1.07 bits per heavy atom. The molecule has 7 nitrogen and oxygen atoms in total. The van der Waals surface area contributed by atoms with Crippen LogP contribution < -0.4 is 10.0 Å². The topological polar surface area (TPSA) is 101 Å². The summed E-state index contributed by atoms with van der Waals surface area (Å²) >= 11 is 12.6. The van der Waals surface area contributed by atoms with Crippen LogP contribution >= 0.6 is 34.5 Å². The Bertz CT molecular complexity index is 1210. The fourth-order valence-electron chi connectivity index (χ4n) is 2.59. The molecule has 0 aliphatic carbocycles. The van der Waals surface area contributed by atoms with Crippen molar-refractivity contribution in [3.63, 3.8) is 0 Å². The minimum Gasteiger partial charge on any atom is -0.296 e. The third-order valence-corrected chi connectivity index (χ3v) is 7.69. The van der Waals surface area contributed by atoms with E-state index in [1.165, 1.54) is 18.2 Å². The molecule has 1 atom stereocenters. The van der Waals surface area contributed by atoms with E-state index < -0.39 is 22.0 Å². The number of benzene rings is 2. The second-order valence-corrected chi connectivity index (χ2v) is 10.3. The Labute approximate surface area is 188 Å². The number of halogens is 2. The maximum atomic E-state index is 12.7. The number of anilines is 1. The van der Waals surface area contributed by atoms with Crippen LogP contribution in [0.2, 0.25) is 10.0 Å². The predicted molar refractivity (Wildman–Crippen MR) is 119 cm³/mol. The van der Waals surface area contributed by atoms with Crippen molar-refractivity contribution < 1.29 is 13.2 Å². The van der Waals surface area contributed by atoms with Crippen LogP contribution in [0.4, 0.5) is 5.13 Å². The Hall–Kier alpha value is -2.04. The summed E-state index contributed by atoms with van der Waals surface area (Å²) < 4.78 is 27.7. The summed E-state index contributed by atoms with van der Waals surface area (Å²) in [6.45, 7) is 5.70. The highest BCUT2D eigenvalue weighted by Crippen LogP contribution is 2.25. The van der Waals surface area contributed by atoms with Crippen LogP contribution in [-0.4, -0.2) is 24.5 Å². The minimum atomic E-state index is -3.92. The Kier molecular flexibility index (Phi) is 6.78. The van der Waals surface area contributed by atoms with E-state index in [4.69, 9.17) is 23.2 Å². The normalized spacial score (nSPS) is 12.6. The summed E-state index contributed by atoms with van der Waals surface area (Å²) in [6.07, 6.45) is 0. The number of nitrogens with one attached hydrogen (secondary N) is 2. The maximum Gasteiger partial charge on any atom is 0.270 e. The van der Waals surface area contributed by atoms with E-state index in [0.717, 1.165) is 28.0 Å². The number of aryl methyl sites for hydroxylation is 2. The molecule has 3 aromatic rings. The number of amides is 1. The summed E-state index contributed by atoms with van der Waals surface area (Å²) in [6, 6.07) is 9.70. The lowest BCUT2D eigenvalue weighted by molar-refractivity contribution is 0.102. The van der Waals surface area contributed by atoms with Gasteiger partial charge in [-0.05, 0) is 55.7 Å². The zero-order chi connectivity index (χ0) is 22.1. The molecule has 1 amide bonds. The van der Waals surface area contributed by atoms with E-state index in [1.54, 1.807) is 6.92 Å². The summed E-state index contributed by atoms with van der Waals surface area (Å²) in [5, 5.41) is 10.5. The second kappa shape index (κ2) is 8.99. The van der Waals surface area contributed by atoms with Gasteiger partial charge in [-0.25, -0.2) is 13.1 Å². The number of nitrogens with zero attached hydrogens (tertiary/aromatic N) is 2. The molecule has 0 saturated carbocycles. The first-order valence-corrected chi connectivity index (χ1v) is 11.8. The molecule has 0 saturated heterocycles. The van der Waals surface area contributed by atoms with Gasteiger partial charge in [-0.15, -0.1) is 10.2 Å². The summed E-state index contributed by atoms with van der Waals surface area (Å²) in [4.78, 5) is 12.4. The van der Waals surface area contributed by atoms with Crippen molar-refractivity contribution in [3.8, 4) is 0 Å². The lowest BCUT2D eigenvalue weighted by Crippen LogP contribution is -2.26.